The minimum atomic E-state index is -1.57. The summed E-state index contributed by atoms with van der Waals surface area (Å²) in [5.74, 6) is 0. The lowest BCUT2D eigenvalue weighted by molar-refractivity contribution is 0.631. The maximum atomic E-state index is 3.23. The van der Waals surface area contributed by atoms with Gasteiger partial charge in [-0.1, -0.05) is 62.3 Å². The first kappa shape index (κ1) is 22.6. The fourth-order valence-electron chi connectivity index (χ4n) is 3.10. The Morgan fingerprint density at radius 3 is 0.636 bits per heavy atom. The van der Waals surface area contributed by atoms with Crippen molar-refractivity contribution >= 4 is 24.7 Å². The van der Waals surface area contributed by atoms with Crippen LogP contribution in [0, 0.1) is 0 Å². The minimum absolute atomic E-state index is 0.401. The Bertz CT molecular complexity index is 328. The molecular weight excluding hydrogens is 314 g/mol. The summed E-state index contributed by atoms with van der Waals surface area (Å²) in [6, 6.07) is 0. The quantitative estimate of drug-likeness (QED) is 0.472. The highest BCUT2D eigenvalue weighted by Crippen LogP contribution is 2.51. The van der Waals surface area contributed by atoms with Gasteiger partial charge in [0.1, 0.15) is 0 Å². The highest BCUT2D eigenvalue weighted by atomic mass is 28.5. The van der Waals surface area contributed by atoms with Crippen LogP contribution in [-0.2, 0) is 0 Å². The van der Waals surface area contributed by atoms with Gasteiger partial charge in [0.2, 0.25) is 0 Å². The van der Waals surface area contributed by atoms with Crippen LogP contribution in [0.5, 0.6) is 0 Å². The van der Waals surface area contributed by atoms with Crippen LogP contribution >= 0.6 is 0 Å². The van der Waals surface area contributed by atoms with Gasteiger partial charge in [-0.05, 0) is 39.3 Å². The van der Waals surface area contributed by atoms with Gasteiger partial charge in [-0.15, -0.1) is 0 Å². The molecule has 133 valence electrons. The Kier molecular flexibility index (Phi) is 6.01. The van der Waals surface area contributed by atoms with Crippen molar-refractivity contribution in [3.63, 3.8) is 0 Å². The topological polar surface area (TPSA) is 5.90 Å². The fourth-order valence-corrected chi connectivity index (χ4v) is 27.9. The molecular formula is C18H45NSi3+. The van der Waals surface area contributed by atoms with Crippen LogP contribution in [0.1, 0.15) is 62.3 Å². The van der Waals surface area contributed by atoms with Crippen LogP contribution < -0.4 is 3.90 Å². The third kappa shape index (κ3) is 3.81. The standard InChI is InChI=1S/C18H45NSi3/c1-16(2,3)20(10,11)19(21(12,13)17(4,5)6)22(14,15)18(7,8)9/h1-15H3/q+1. The molecule has 0 saturated carbocycles. The van der Waals surface area contributed by atoms with E-state index in [1.165, 1.54) is 0 Å². The van der Waals surface area contributed by atoms with E-state index in [4.69, 9.17) is 0 Å². The van der Waals surface area contributed by atoms with Crippen molar-refractivity contribution in [3.8, 4) is 0 Å². The first-order chi connectivity index (χ1) is 9.12. The molecule has 0 unspecified atom stereocenters. The molecule has 22 heavy (non-hydrogen) atoms. The Morgan fingerprint density at radius 2 is 0.545 bits per heavy atom. The lowest BCUT2D eigenvalue weighted by Gasteiger charge is -2.58. The van der Waals surface area contributed by atoms with E-state index < -0.39 is 24.7 Å². The van der Waals surface area contributed by atoms with Crippen molar-refractivity contribution in [3.05, 3.63) is 0 Å². The van der Waals surface area contributed by atoms with Gasteiger partial charge >= 0.3 is 0 Å². The van der Waals surface area contributed by atoms with Crippen molar-refractivity contribution in [1.82, 2.24) is 3.90 Å². The van der Waals surface area contributed by atoms with Crippen molar-refractivity contribution in [2.75, 3.05) is 0 Å². The van der Waals surface area contributed by atoms with Crippen LogP contribution in [0.2, 0.25) is 54.4 Å². The summed E-state index contributed by atoms with van der Waals surface area (Å²) in [5.41, 5.74) is 0. The predicted octanol–water partition coefficient (Wildman–Crippen LogP) is 7.14. The molecule has 0 bridgehead atoms. The van der Waals surface area contributed by atoms with Crippen molar-refractivity contribution in [1.29, 1.82) is 0 Å². The lowest BCUT2D eigenvalue weighted by atomic mass is 10.2. The molecule has 1 nitrogen and oxygen atoms in total. The van der Waals surface area contributed by atoms with E-state index in [0.717, 1.165) is 0 Å². The highest BCUT2D eigenvalue weighted by molar-refractivity contribution is 7.09. The smallest absolute Gasteiger partial charge is 0.291 e. The number of hydrogen-bond acceptors (Lipinski definition) is 1. The van der Waals surface area contributed by atoms with Gasteiger partial charge in [0, 0.05) is 15.1 Å². The summed E-state index contributed by atoms with van der Waals surface area (Å²) in [5, 5.41) is 1.20. The van der Waals surface area contributed by atoms with E-state index >= 15 is 0 Å². The number of rotatable bonds is 3. The molecule has 4 heteroatoms. The van der Waals surface area contributed by atoms with E-state index in [1.54, 1.807) is 0 Å². The average Bonchev–Trinajstić information content (AvgIpc) is 2.09. The lowest BCUT2D eigenvalue weighted by Crippen LogP contribution is -2.82. The second-order valence-corrected chi connectivity index (χ2v) is 28.3. The molecule has 0 aromatic heterocycles. The number of nitrogens with zero attached hydrogens (tertiary/aromatic N) is 1. The molecule has 0 rings (SSSR count). The summed E-state index contributed by atoms with van der Waals surface area (Å²) in [6.45, 7) is 38.1. The molecule has 0 aromatic rings. The molecule has 0 saturated heterocycles. The molecule has 0 fully saturated rings. The van der Waals surface area contributed by atoms with Gasteiger partial charge in [-0.25, -0.2) is 0 Å². The Hall–Kier alpha value is 0.611. The van der Waals surface area contributed by atoms with Crippen molar-refractivity contribution < 1.29 is 0 Å². The summed E-state index contributed by atoms with van der Waals surface area (Å²) in [7, 11) is -4.70. The molecule has 0 aliphatic rings. The van der Waals surface area contributed by atoms with Gasteiger partial charge in [0.05, 0.1) is 0 Å². The monoisotopic (exact) mass is 359 g/mol. The van der Waals surface area contributed by atoms with Crippen molar-refractivity contribution in [2.24, 2.45) is 0 Å². The molecule has 0 atom stereocenters. The minimum Gasteiger partial charge on any atom is -0.388 e. The van der Waals surface area contributed by atoms with E-state index in [9.17, 15) is 0 Å². The maximum Gasteiger partial charge on any atom is 0.291 e. The second-order valence-electron chi connectivity index (χ2n) is 11.8. The van der Waals surface area contributed by atoms with Crippen LogP contribution in [0.25, 0.3) is 0 Å². The van der Waals surface area contributed by atoms with Crippen LogP contribution in [0.3, 0.4) is 0 Å². The van der Waals surface area contributed by atoms with Crippen LogP contribution in [-0.4, -0.2) is 24.7 Å². The largest absolute Gasteiger partial charge is 0.388 e. The average molecular weight is 360 g/mol. The molecule has 0 amide bonds. The van der Waals surface area contributed by atoms with E-state index in [-0.39, 0.29) is 0 Å². The third-order valence-electron chi connectivity index (χ3n) is 7.18. The van der Waals surface area contributed by atoms with Gasteiger partial charge < -0.3 is 3.90 Å². The zero-order valence-corrected chi connectivity index (χ0v) is 21.4. The van der Waals surface area contributed by atoms with E-state index in [1.807, 2.05) is 0 Å². The SMILES string of the molecule is CC(C)(C)[Si](C)(C)[N+]([Si](C)(C)C(C)(C)C)[Si](C)(C)C(C)(C)C. The van der Waals surface area contributed by atoms with Crippen LogP contribution in [0.4, 0.5) is 0 Å². The second kappa shape index (κ2) is 5.85. The summed E-state index contributed by atoms with van der Waals surface area (Å²) < 4.78 is 3.23. The zero-order chi connectivity index (χ0) is 18.6. The van der Waals surface area contributed by atoms with Gasteiger partial charge in [-0.2, -0.15) is 0 Å². The number of hydrogen-bond donors (Lipinski definition) is 0. The van der Waals surface area contributed by atoms with E-state index in [0.29, 0.717) is 15.1 Å². The maximum absolute atomic E-state index is 3.23. The molecule has 0 heterocycles. The zero-order valence-electron chi connectivity index (χ0n) is 18.4. The molecule has 0 N–H and O–H groups in total. The van der Waals surface area contributed by atoms with E-state index in [2.05, 4.69) is 105 Å². The van der Waals surface area contributed by atoms with Crippen LogP contribution in [0.15, 0.2) is 0 Å². The normalized spacial score (nSPS) is 16.4. The molecule has 0 spiro atoms. The Labute approximate surface area is 145 Å². The molecule has 1 radical (unpaired) electrons. The third-order valence-corrected chi connectivity index (χ3v) is 31.6. The fraction of sp³-hybridized carbons (Fsp3) is 1.00. The highest BCUT2D eigenvalue weighted by Gasteiger charge is 2.68. The molecule has 0 aromatic carbocycles. The molecule has 0 aliphatic carbocycles. The predicted molar refractivity (Wildman–Crippen MR) is 114 cm³/mol. The van der Waals surface area contributed by atoms with Gasteiger partial charge in [0.15, 0.2) is 0 Å². The first-order valence-corrected chi connectivity index (χ1v) is 17.8. The summed E-state index contributed by atoms with van der Waals surface area (Å²) >= 11 is 0. The van der Waals surface area contributed by atoms with Gasteiger partial charge in [0.25, 0.3) is 24.7 Å². The van der Waals surface area contributed by atoms with Crippen molar-refractivity contribution in [2.45, 2.75) is 117 Å². The summed E-state index contributed by atoms with van der Waals surface area (Å²) in [4.78, 5) is 0. The Morgan fingerprint density at radius 1 is 0.409 bits per heavy atom. The Balaban J connectivity index is 6.53. The summed E-state index contributed by atoms with van der Waals surface area (Å²) in [6.07, 6.45) is 0. The molecule has 0 aliphatic heterocycles. The van der Waals surface area contributed by atoms with Gasteiger partial charge in [-0.3, -0.25) is 0 Å². The first-order valence-electron chi connectivity index (χ1n) is 8.92.